The molecule has 1 aliphatic carbocycles. The predicted octanol–water partition coefficient (Wildman–Crippen LogP) is -0.209. The van der Waals surface area contributed by atoms with E-state index in [2.05, 4.69) is 4.72 Å². The Morgan fingerprint density at radius 1 is 1.45 bits per heavy atom. The lowest BCUT2D eigenvalue weighted by atomic mass is 10.5. The van der Waals surface area contributed by atoms with E-state index in [9.17, 15) is 8.42 Å². The zero-order chi connectivity index (χ0) is 8.65. The van der Waals surface area contributed by atoms with Crippen LogP contribution in [0.4, 0.5) is 0 Å². The van der Waals surface area contributed by atoms with Gasteiger partial charge < -0.3 is 0 Å². The molecule has 1 rings (SSSR count). The van der Waals surface area contributed by atoms with E-state index in [0.717, 1.165) is 6.42 Å². The molecule has 0 unspecified atom stereocenters. The van der Waals surface area contributed by atoms with E-state index in [0.29, 0.717) is 5.92 Å². The molecule has 4 nitrogen and oxygen atoms in total. The van der Waals surface area contributed by atoms with Gasteiger partial charge >= 0.3 is 0 Å². The Kier molecular flexibility index (Phi) is 2.22. The normalized spacial score (nSPS) is 30.9. The van der Waals surface area contributed by atoms with Gasteiger partial charge in [0.15, 0.2) is 0 Å². The van der Waals surface area contributed by atoms with Crippen LogP contribution in [-0.4, -0.2) is 32.9 Å². The van der Waals surface area contributed by atoms with E-state index in [4.69, 9.17) is 0 Å². The Balaban J connectivity index is 2.48. The molecule has 5 heteroatoms. The van der Waals surface area contributed by atoms with Crippen LogP contribution >= 0.6 is 0 Å². The maximum absolute atomic E-state index is 11.1. The summed E-state index contributed by atoms with van der Waals surface area (Å²) in [5, 5.41) is 0. The first-order chi connectivity index (χ1) is 4.93. The quantitative estimate of drug-likeness (QED) is 0.650. The lowest BCUT2D eigenvalue weighted by Gasteiger charge is -2.11. The van der Waals surface area contributed by atoms with Gasteiger partial charge in [-0.15, -0.1) is 0 Å². The molecule has 0 bridgehead atoms. The van der Waals surface area contributed by atoms with Crippen LogP contribution in [0.2, 0.25) is 0 Å². The first kappa shape index (κ1) is 8.96. The van der Waals surface area contributed by atoms with Crippen molar-refractivity contribution < 1.29 is 8.42 Å². The fraction of sp³-hybridized carbons (Fsp3) is 1.00. The summed E-state index contributed by atoms with van der Waals surface area (Å²) in [7, 11) is -0.138. The molecule has 2 atom stereocenters. The first-order valence-electron chi connectivity index (χ1n) is 3.63. The largest absolute Gasteiger partial charge is 0.279 e. The molecule has 0 aliphatic heterocycles. The lowest BCUT2D eigenvalue weighted by Crippen LogP contribution is -2.37. The second kappa shape index (κ2) is 2.73. The van der Waals surface area contributed by atoms with Crippen molar-refractivity contribution in [2.75, 3.05) is 14.1 Å². The van der Waals surface area contributed by atoms with E-state index in [1.165, 1.54) is 18.4 Å². The van der Waals surface area contributed by atoms with Crippen LogP contribution in [0.5, 0.6) is 0 Å². The highest BCUT2D eigenvalue weighted by Crippen LogP contribution is 2.29. The highest BCUT2D eigenvalue weighted by Gasteiger charge is 2.36. The van der Waals surface area contributed by atoms with E-state index in [-0.39, 0.29) is 6.04 Å². The first-order valence-corrected chi connectivity index (χ1v) is 5.07. The van der Waals surface area contributed by atoms with Crippen molar-refractivity contribution in [2.45, 2.75) is 19.4 Å². The maximum Gasteiger partial charge on any atom is 0.279 e. The van der Waals surface area contributed by atoms with Crippen LogP contribution in [0, 0.1) is 5.92 Å². The Bertz CT molecular complexity index is 235. The molecule has 0 spiro atoms. The van der Waals surface area contributed by atoms with Crippen LogP contribution in [-0.2, 0) is 10.2 Å². The molecule has 11 heavy (non-hydrogen) atoms. The van der Waals surface area contributed by atoms with E-state index in [1.807, 2.05) is 6.92 Å². The molecular weight excluding hydrogens is 164 g/mol. The van der Waals surface area contributed by atoms with E-state index >= 15 is 0 Å². The number of nitrogens with zero attached hydrogens (tertiary/aromatic N) is 1. The summed E-state index contributed by atoms with van der Waals surface area (Å²) in [6, 6.07) is 0.169. The summed E-state index contributed by atoms with van der Waals surface area (Å²) in [6.45, 7) is 2.03. The van der Waals surface area contributed by atoms with Gasteiger partial charge in [0.25, 0.3) is 10.2 Å². The molecule has 0 aromatic rings. The van der Waals surface area contributed by atoms with Crippen molar-refractivity contribution in [1.82, 2.24) is 9.03 Å². The van der Waals surface area contributed by atoms with Crippen LogP contribution in [0.25, 0.3) is 0 Å². The zero-order valence-electron chi connectivity index (χ0n) is 7.03. The van der Waals surface area contributed by atoms with Crippen molar-refractivity contribution in [3.8, 4) is 0 Å². The van der Waals surface area contributed by atoms with E-state index < -0.39 is 10.2 Å². The van der Waals surface area contributed by atoms with Crippen molar-refractivity contribution in [3.63, 3.8) is 0 Å². The van der Waals surface area contributed by atoms with Gasteiger partial charge in [-0.05, 0) is 12.3 Å². The van der Waals surface area contributed by atoms with Gasteiger partial charge in [-0.2, -0.15) is 17.4 Å². The number of hydrogen-bond acceptors (Lipinski definition) is 2. The molecule has 1 N–H and O–H groups in total. The molecular formula is C6H14N2O2S. The fourth-order valence-electron chi connectivity index (χ4n) is 0.783. The second-order valence-corrected chi connectivity index (χ2v) is 5.14. The molecule has 66 valence electrons. The van der Waals surface area contributed by atoms with Crippen LogP contribution in [0.15, 0.2) is 0 Å². The lowest BCUT2D eigenvalue weighted by molar-refractivity contribution is 0.503. The molecule has 0 amide bonds. The van der Waals surface area contributed by atoms with Crippen molar-refractivity contribution >= 4 is 10.2 Å². The Morgan fingerprint density at radius 3 is 2.18 bits per heavy atom. The Hall–Kier alpha value is -0.130. The molecule has 1 aliphatic rings. The molecule has 0 aromatic heterocycles. The Labute approximate surface area is 67.8 Å². The average Bonchev–Trinajstić information content (AvgIpc) is 2.45. The van der Waals surface area contributed by atoms with Crippen molar-refractivity contribution in [3.05, 3.63) is 0 Å². The molecule has 1 saturated carbocycles. The predicted molar refractivity (Wildman–Crippen MR) is 43.3 cm³/mol. The van der Waals surface area contributed by atoms with Gasteiger partial charge in [-0.3, -0.25) is 0 Å². The van der Waals surface area contributed by atoms with Gasteiger partial charge in [0.2, 0.25) is 0 Å². The third-order valence-corrected chi connectivity index (χ3v) is 3.45. The second-order valence-electron chi connectivity index (χ2n) is 3.22. The van der Waals surface area contributed by atoms with Crippen LogP contribution in [0.1, 0.15) is 13.3 Å². The van der Waals surface area contributed by atoms with Gasteiger partial charge in [-0.1, -0.05) is 6.92 Å². The van der Waals surface area contributed by atoms with Gasteiger partial charge in [0.1, 0.15) is 0 Å². The van der Waals surface area contributed by atoms with E-state index in [1.54, 1.807) is 0 Å². The molecule has 0 heterocycles. The van der Waals surface area contributed by atoms with Gasteiger partial charge in [0, 0.05) is 20.1 Å². The zero-order valence-corrected chi connectivity index (χ0v) is 7.85. The minimum atomic E-state index is -3.18. The minimum absolute atomic E-state index is 0.169. The summed E-state index contributed by atoms with van der Waals surface area (Å²) in [5.41, 5.74) is 0. The van der Waals surface area contributed by atoms with Gasteiger partial charge in [-0.25, -0.2) is 0 Å². The summed E-state index contributed by atoms with van der Waals surface area (Å²) < 4.78 is 26.1. The third-order valence-electron chi connectivity index (χ3n) is 1.89. The SMILES string of the molecule is C[C@@H]1C[C@H]1NS(=O)(=O)N(C)C. The van der Waals surface area contributed by atoms with Gasteiger partial charge in [0.05, 0.1) is 0 Å². The summed E-state index contributed by atoms with van der Waals surface area (Å²) in [4.78, 5) is 0. The Morgan fingerprint density at radius 2 is 1.91 bits per heavy atom. The highest BCUT2D eigenvalue weighted by molar-refractivity contribution is 7.87. The molecule has 0 saturated heterocycles. The molecule has 1 fully saturated rings. The highest BCUT2D eigenvalue weighted by atomic mass is 32.2. The van der Waals surface area contributed by atoms with Crippen molar-refractivity contribution in [1.29, 1.82) is 0 Å². The summed E-state index contributed by atoms with van der Waals surface area (Å²) in [5.74, 6) is 0.504. The number of rotatable bonds is 3. The standard InChI is InChI=1S/C6H14N2O2S/c1-5-4-6(5)7-11(9,10)8(2)3/h5-7H,4H2,1-3H3/t5-,6-/m1/s1. The van der Waals surface area contributed by atoms with Crippen LogP contribution < -0.4 is 4.72 Å². The smallest absolute Gasteiger partial charge is 0.199 e. The van der Waals surface area contributed by atoms with Crippen LogP contribution in [0.3, 0.4) is 0 Å². The third kappa shape index (κ3) is 2.15. The average molecular weight is 178 g/mol. The fourth-order valence-corrected chi connectivity index (χ4v) is 1.70. The summed E-state index contributed by atoms with van der Waals surface area (Å²) >= 11 is 0. The van der Waals surface area contributed by atoms with Crippen molar-refractivity contribution in [2.24, 2.45) is 5.92 Å². The molecule has 0 aromatic carbocycles. The molecule has 0 radical (unpaired) electrons. The topological polar surface area (TPSA) is 49.4 Å². The minimum Gasteiger partial charge on any atom is -0.199 e. The maximum atomic E-state index is 11.1. The number of nitrogens with one attached hydrogen (secondary N) is 1. The number of hydrogen-bond donors (Lipinski definition) is 1. The summed E-state index contributed by atoms with van der Waals surface area (Å²) in [6.07, 6.45) is 0.965. The monoisotopic (exact) mass is 178 g/mol.